The van der Waals surface area contributed by atoms with E-state index in [1.165, 1.54) is 0 Å². The third-order valence-corrected chi connectivity index (χ3v) is 3.02. The van der Waals surface area contributed by atoms with E-state index in [0.29, 0.717) is 16.6 Å². The fraction of sp³-hybridized carbons (Fsp3) is 0.500. The first-order chi connectivity index (χ1) is 8.25. The highest BCUT2D eigenvalue weighted by Crippen LogP contribution is 2.17. The molecule has 92 valence electrons. The van der Waals surface area contributed by atoms with Gasteiger partial charge in [-0.1, -0.05) is 12.2 Å². The average Bonchev–Trinajstić information content (AvgIpc) is 2.38. The molecule has 0 spiro atoms. The van der Waals surface area contributed by atoms with Crippen molar-refractivity contribution in [3.8, 4) is 5.75 Å². The molecular weight excluding hydrogens is 236 g/mol. The lowest BCUT2D eigenvalue weighted by molar-refractivity contribution is 0.0497. The maximum absolute atomic E-state index is 5.68. The second-order valence-electron chi connectivity index (χ2n) is 4.11. The number of aromatic nitrogens is 1. The van der Waals surface area contributed by atoms with Gasteiger partial charge in [-0.2, -0.15) is 0 Å². The lowest BCUT2D eigenvalue weighted by atomic mass is 10.0. The van der Waals surface area contributed by atoms with E-state index in [1.54, 1.807) is 12.3 Å². The number of nitrogens with two attached hydrogens (primary N) is 1. The van der Waals surface area contributed by atoms with Crippen molar-refractivity contribution in [1.82, 2.24) is 4.98 Å². The molecule has 17 heavy (non-hydrogen) atoms. The molecule has 0 aromatic carbocycles. The van der Waals surface area contributed by atoms with E-state index < -0.39 is 0 Å². The highest BCUT2D eigenvalue weighted by Gasteiger charge is 2.14. The monoisotopic (exact) mass is 252 g/mol. The molecule has 0 amide bonds. The van der Waals surface area contributed by atoms with E-state index in [1.807, 2.05) is 6.07 Å². The molecule has 1 aliphatic heterocycles. The molecular formula is C12H16N2O2S. The molecule has 1 fully saturated rings. The zero-order valence-electron chi connectivity index (χ0n) is 9.59. The Balaban J connectivity index is 1.84. The Kier molecular flexibility index (Phi) is 4.28. The van der Waals surface area contributed by atoms with Gasteiger partial charge in [-0.15, -0.1) is 0 Å². The van der Waals surface area contributed by atoms with Gasteiger partial charge in [0, 0.05) is 13.2 Å². The van der Waals surface area contributed by atoms with Gasteiger partial charge in [-0.3, -0.25) is 0 Å². The molecule has 0 atom stereocenters. The molecule has 1 saturated heterocycles. The van der Waals surface area contributed by atoms with Gasteiger partial charge in [0.05, 0.1) is 18.5 Å². The molecule has 4 nitrogen and oxygen atoms in total. The SMILES string of the molecule is NC(=S)c1ccc(OCC2CCOCC2)cn1. The standard InChI is InChI=1S/C12H16N2O2S/c13-12(17)11-2-1-10(7-14-11)16-8-9-3-5-15-6-4-9/h1-2,7,9H,3-6,8H2,(H2,13,17). The van der Waals surface area contributed by atoms with Crippen LogP contribution in [0, 0.1) is 5.92 Å². The fourth-order valence-electron chi connectivity index (χ4n) is 1.74. The van der Waals surface area contributed by atoms with Crippen LogP contribution in [0.15, 0.2) is 18.3 Å². The minimum Gasteiger partial charge on any atom is -0.492 e. The maximum Gasteiger partial charge on any atom is 0.137 e. The molecule has 0 bridgehead atoms. The van der Waals surface area contributed by atoms with Gasteiger partial charge >= 0.3 is 0 Å². The van der Waals surface area contributed by atoms with Crippen molar-refractivity contribution in [2.75, 3.05) is 19.8 Å². The van der Waals surface area contributed by atoms with Crippen molar-refractivity contribution in [3.63, 3.8) is 0 Å². The third kappa shape index (κ3) is 3.64. The number of ether oxygens (including phenoxy) is 2. The van der Waals surface area contributed by atoms with Gasteiger partial charge in [0.2, 0.25) is 0 Å². The molecule has 5 heteroatoms. The zero-order chi connectivity index (χ0) is 12.1. The highest BCUT2D eigenvalue weighted by atomic mass is 32.1. The second-order valence-corrected chi connectivity index (χ2v) is 4.55. The molecule has 1 aromatic heterocycles. The Morgan fingerprint density at radius 1 is 1.47 bits per heavy atom. The minimum atomic E-state index is 0.306. The van der Waals surface area contributed by atoms with Crippen LogP contribution in [0.3, 0.4) is 0 Å². The van der Waals surface area contributed by atoms with E-state index in [0.717, 1.165) is 38.4 Å². The van der Waals surface area contributed by atoms with Crippen LogP contribution in [0.1, 0.15) is 18.5 Å². The van der Waals surface area contributed by atoms with Crippen LogP contribution in [0.5, 0.6) is 5.75 Å². The van der Waals surface area contributed by atoms with Crippen LogP contribution in [-0.2, 0) is 4.74 Å². The van der Waals surface area contributed by atoms with Crippen LogP contribution >= 0.6 is 12.2 Å². The predicted molar refractivity (Wildman–Crippen MR) is 69.2 cm³/mol. The number of nitrogens with zero attached hydrogens (tertiary/aromatic N) is 1. The summed E-state index contributed by atoms with van der Waals surface area (Å²) in [5.41, 5.74) is 6.09. The van der Waals surface area contributed by atoms with Gasteiger partial charge in [0.25, 0.3) is 0 Å². The smallest absolute Gasteiger partial charge is 0.137 e. The van der Waals surface area contributed by atoms with Crippen LogP contribution in [0.4, 0.5) is 0 Å². The summed E-state index contributed by atoms with van der Waals surface area (Å²) in [6.45, 7) is 2.40. The summed E-state index contributed by atoms with van der Waals surface area (Å²) in [7, 11) is 0. The Morgan fingerprint density at radius 3 is 2.82 bits per heavy atom. The molecule has 1 aliphatic rings. The fourth-order valence-corrected chi connectivity index (χ4v) is 1.86. The van der Waals surface area contributed by atoms with E-state index >= 15 is 0 Å². The van der Waals surface area contributed by atoms with Gasteiger partial charge < -0.3 is 15.2 Å². The summed E-state index contributed by atoms with van der Waals surface area (Å²) >= 11 is 4.83. The lowest BCUT2D eigenvalue weighted by Gasteiger charge is -2.21. The van der Waals surface area contributed by atoms with Crippen molar-refractivity contribution in [2.45, 2.75) is 12.8 Å². The zero-order valence-corrected chi connectivity index (χ0v) is 10.4. The number of hydrogen-bond donors (Lipinski definition) is 1. The number of thiocarbonyl (C=S) groups is 1. The van der Waals surface area contributed by atoms with Crippen molar-refractivity contribution < 1.29 is 9.47 Å². The van der Waals surface area contributed by atoms with Gasteiger partial charge in [-0.25, -0.2) is 4.98 Å². The van der Waals surface area contributed by atoms with Crippen molar-refractivity contribution in [2.24, 2.45) is 11.7 Å². The van der Waals surface area contributed by atoms with Gasteiger partial charge in [-0.05, 0) is 30.9 Å². The van der Waals surface area contributed by atoms with E-state index in [-0.39, 0.29) is 0 Å². The number of pyridine rings is 1. The Morgan fingerprint density at radius 2 is 2.24 bits per heavy atom. The molecule has 0 unspecified atom stereocenters. The lowest BCUT2D eigenvalue weighted by Crippen LogP contribution is -2.21. The summed E-state index contributed by atoms with van der Waals surface area (Å²) in [4.78, 5) is 4.43. The molecule has 2 rings (SSSR count). The Bertz CT molecular complexity index is 375. The topological polar surface area (TPSA) is 57.4 Å². The van der Waals surface area contributed by atoms with Gasteiger partial charge in [0.1, 0.15) is 10.7 Å². The Labute approximate surface area is 106 Å². The summed E-state index contributed by atoms with van der Waals surface area (Å²) in [6.07, 6.45) is 3.80. The van der Waals surface area contributed by atoms with Crippen molar-refractivity contribution in [3.05, 3.63) is 24.0 Å². The molecule has 2 heterocycles. The van der Waals surface area contributed by atoms with Crippen LogP contribution in [0.25, 0.3) is 0 Å². The minimum absolute atomic E-state index is 0.306. The molecule has 0 saturated carbocycles. The maximum atomic E-state index is 5.68. The van der Waals surface area contributed by atoms with Crippen LogP contribution < -0.4 is 10.5 Å². The predicted octanol–water partition coefficient (Wildman–Crippen LogP) is 1.52. The summed E-state index contributed by atoms with van der Waals surface area (Å²) < 4.78 is 11.0. The normalized spacial score (nSPS) is 16.7. The average molecular weight is 252 g/mol. The summed E-state index contributed by atoms with van der Waals surface area (Å²) in [5, 5.41) is 0. The highest BCUT2D eigenvalue weighted by molar-refractivity contribution is 7.80. The van der Waals surface area contributed by atoms with Gasteiger partial charge in [0.15, 0.2) is 0 Å². The first kappa shape index (κ1) is 12.3. The van der Waals surface area contributed by atoms with Crippen LogP contribution in [-0.4, -0.2) is 29.8 Å². The molecule has 1 aromatic rings. The van der Waals surface area contributed by atoms with Crippen LogP contribution in [0.2, 0.25) is 0 Å². The molecule has 0 radical (unpaired) electrons. The third-order valence-electron chi connectivity index (χ3n) is 2.82. The largest absolute Gasteiger partial charge is 0.492 e. The van der Waals surface area contributed by atoms with E-state index in [4.69, 9.17) is 27.4 Å². The number of rotatable bonds is 4. The second kappa shape index (κ2) is 5.93. The number of hydrogen-bond acceptors (Lipinski definition) is 4. The Hall–Kier alpha value is -1.20. The molecule has 0 aliphatic carbocycles. The van der Waals surface area contributed by atoms with Crippen molar-refractivity contribution in [1.29, 1.82) is 0 Å². The first-order valence-electron chi connectivity index (χ1n) is 5.72. The summed E-state index contributed by atoms with van der Waals surface area (Å²) in [6, 6.07) is 3.63. The summed E-state index contributed by atoms with van der Waals surface area (Å²) in [5.74, 6) is 1.34. The van der Waals surface area contributed by atoms with Crippen molar-refractivity contribution >= 4 is 17.2 Å². The molecule has 2 N–H and O–H groups in total. The van der Waals surface area contributed by atoms with E-state index in [9.17, 15) is 0 Å². The van der Waals surface area contributed by atoms with E-state index in [2.05, 4.69) is 4.98 Å². The quantitative estimate of drug-likeness (QED) is 0.823. The first-order valence-corrected chi connectivity index (χ1v) is 6.13.